The Morgan fingerprint density at radius 2 is 2.12 bits per heavy atom. The summed E-state index contributed by atoms with van der Waals surface area (Å²) in [6, 6.07) is 3.12. The molecule has 1 aliphatic heterocycles. The van der Waals surface area contributed by atoms with Crippen molar-refractivity contribution in [1.29, 1.82) is 0 Å². The highest BCUT2D eigenvalue weighted by Crippen LogP contribution is 2.31. The largest absolute Gasteiger partial charge is 0.394 e. The van der Waals surface area contributed by atoms with Gasteiger partial charge in [-0.2, -0.15) is 0 Å². The second kappa shape index (κ2) is 4.34. The van der Waals surface area contributed by atoms with Gasteiger partial charge in [-0.15, -0.1) is 0 Å². The molecular weight excluding hydrogens is 214 g/mol. The Balaban J connectivity index is 2.30. The third-order valence-electron chi connectivity index (χ3n) is 2.70. The molecule has 1 unspecified atom stereocenters. The van der Waals surface area contributed by atoms with E-state index < -0.39 is 31.0 Å². The third kappa shape index (κ3) is 1.76. The first kappa shape index (κ1) is 11.3. The van der Waals surface area contributed by atoms with Crippen LogP contribution in [-0.4, -0.2) is 45.2 Å². The van der Waals surface area contributed by atoms with Crippen molar-refractivity contribution in [3.05, 3.63) is 34.2 Å². The predicted octanol–water partition coefficient (Wildman–Crippen LogP) is -1.47. The molecule has 1 aromatic heterocycles. The Morgan fingerprint density at radius 1 is 1.38 bits per heavy atom. The van der Waals surface area contributed by atoms with Gasteiger partial charge in [-0.25, -0.2) is 0 Å². The summed E-state index contributed by atoms with van der Waals surface area (Å²) in [6.45, 7) is -0.403. The molecule has 6 heteroatoms. The molecular formula is C10H13NO5. The van der Waals surface area contributed by atoms with Gasteiger partial charge in [-0.05, 0) is 12.1 Å². The van der Waals surface area contributed by atoms with Crippen molar-refractivity contribution < 1.29 is 20.1 Å². The fourth-order valence-electron chi connectivity index (χ4n) is 1.82. The van der Waals surface area contributed by atoms with Gasteiger partial charge in [-0.1, -0.05) is 0 Å². The molecule has 1 fully saturated rings. The lowest BCUT2D eigenvalue weighted by Gasteiger charge is -2.13. The maximum absolute atomic E-state index is 11.5. The SMILES string of the molecule is O=c1[nH]cccc1C1O[C@H](CO)[C@@H](O)[C@H]1O. The second-order valence-corrected chi connectivity index (χ2v) is 3.71. The molecule has 1 aromatic rings. The summed E-state index contributed by atoms with van der Waals surface area (Å²) in [5.41, 5.74) is -0.137. The van der Waals surface area contributed by atoms with Crippen molar-refractivity contribution >= 4 is 0 Å². The zero-order chi connectivity index (χ0) is 11.7. The lowest BCUT2D eigenvalue weighted by Crippen LogP contribution is -2.33. The molecule has 4 atom stereocenters. The van der Waals surface area contributed by atoms with E-state index in [-0.39, 0.29) is 11.1 Å². The number of nitrogens with one attached hydrogen (secondary N) is 1. The summed E-state index contributed by atoms with van der Waals surface area (Å²) in [5, 5.41) is 28.1. The molecule has 0 saturated carbocycles. The molecule has 2 rings (SSSR count). The Labute approximate surface area is 91.1 Å². The van der Waals surface area contributed by atoms with Gasteiger partial charge in [0.1, 0.15) is 24.4 Å². The van der Waals surface area contributed by atoms with E-state index >= 15 is 0 Å². The van der Waals surface area contributed by atoms with E-state index in [1.165, 1.54) is 12.3 Å². The Kier molecular flexibility index (Phi) is 3.06. The van der Waals surface area contributed by atoms with E-state index in [9.17, 15) is 15.0 Å². The zero-order valence-corrected chi connectivity index (χ0v) is 8.41. The van der Waals surface area contributed by atoms with Crippen LogP contribution in [0.25, 0.3) is 0 Å². The van der Waals surface area contributed by atoms with Gasteiger partial charge < -0.3 is 25.0 Å². The van der Waals surface area contributed by atoms with Gasteiger partial charge in [0.05, 0.1) is 6.61 Å². The third-order valence-corrected chi connectivity index (χ3v) is 2.70. The highest BCUT2D eigenvalue weighted by atomic mass is 16.6. The van der Waals surface area contributed by atoms with Crippen molar-refractivity contribution in [1.82, 2.24) is 4.98 Å². The van der Waals surface area contributed by atoms with Crippen LogP contribution >= 0.6 is 0 Å². The summed E-state index contributed by atoms with van der Waals surface area (Å²) in [4.78, 5) is 13.9. The lowest BCUT2D eigenvalue weighted by atomic mass is 10.0. The maximum Gasteiger partial charge on any atom is 0.253 e. The molecule has 0 radical (unpaired) electrons. The molecule has 6 nitrogen and oxygen atoms in total. The number of rotatable bonds is 2. The van der Waals surface area contributed by atoms with Gasteiger partial charge in [0, 0.05) is 11.8 Å². The number of H-pyrrole nitrogens is 1. The van der Waals surface area contributed by atoms with Crippen LogP contribution in [0, 0.1) is 0 Å². The number of pyridine rings is 1. The summed E-state index contributed by atoms with van der Waals surface area (Å²) in [5.74, 6) is 0. The minimum Gasteiger partial charge on any atom is -0.394 e. The monoisotopic (exact) mass is 227 g/mol. The molecule has 0 spiro atoms. The van der Waals surface area contributed by atoms with Crippen molar-refractivity contribution in [2.24, 2.45) is 0 Å². The molecule has 88 valence electrons. The summed E-state index contributed by atoms with van der Waals surface area (Å²) in [6.07, 6.45) is -2.69. The Bertz CT molecular complexity index is 418. The molecule has 0 bridgehead atoms. The summed E-state index contributed by atoms with van der Waals surface area (Å²) in [7, 11) is 0. The highest BCUT2D eigenvalue weighted by molar-refractivity contribution is 5.16. The van der Waals surface area contributed by atoms with Gasteiger partial charge >= 0.3 is 0 Å². The lowest BCUT2D eigenvalue weighted by molar-refractivity contribution is -0.0231. The standard InChI is InChI=1S/C10H13NO5/c12-4-6-7(13)8(14)9(16-6)5-2-1-3-11-10(5)15/h1-3,6-9,12-14H,4H2,(H,11,15)/t6-,7-,8-,9?/m1/s1. The Morgan fingerprint density at radius 3 is 2.69 bits per heavy atom. The van der Waals surface area contributed by atoms with Crippen LogP contribution in [0.5, 0.6) is 0 Å². The smallest absolute Gasteiger partial charge is 0.253 e. The van der Waals surface area contributed by atoms with Gasteiger partial charge in [0.15, 0.2) is 0 Å². The number of aliphatic hydroxyl groups excluding tert-OH is 3. The van der Waals surface area contributed by atoms with Crippen molar-refractivity contribution in [2.45, 2.75) is 24.4 Å². The molecule has 4 N–H and O–H groups in total. The molecule has 2 heterocycles. The number of hydrogen-bond donors (Lipinski definition) is 4. The first-order valence-corrected chi connectivity index (χ1v) is 4.95. The van der Waals surface area contributed by atoms with Crippen LogP contribution in [-0.2, 0) is 4.74 Å². The number of aromatic amines is 1. The topological polar surface area (TPSA) is 103 Å². The zero-order valence-electron chi connectivity index (χ0n) is 8.41. The normalized spacial score (nSPS) is 34.2. The first-order chi connectivity index (χ1) is 7.65. The number of ether oxygens (including phenoxy) is 1. The molecule has 16 heavy (non-hydrogen) atoms. The van der Waals surface area contributed by atoms with E-state index in [2.05, 4.69) is 4.98 Å². The van der Waals surface area contributed by atoms with Crippen LogP contribution in [0.2, 0.25) is 0 Å². The molecule has 0 aromatic carbocycles. The van der Waals surface area contributed by atoms with Gasteiger partial charge in [0.2, 0.25) is 0 Å². The highest BCUT2D eigenvalue weighted by Gasteiger charge is 2.43. The molecule has 1 aliphatic rings. The van der Waals surface area contributed by atoms with E-state index in [0.29, 0.717) is 0 Å². The average molecular weight is 227 g/mol. The molecule has 1 saturated heterocycles. The minimum atomic E-state index is -1.21. The van der Waals surface area contributed by atoms with Crippen molar-refractivity contribution in [3.8, 4) is 0 Å². The van der Waals surface area contributed by atoms with Crippen molar-refractivity contribution in [3.63, 3.8) is 0 Å². The fraction of sp³-hybridized carbons (Fsp3) is 0.500. The number of aliphatic hydroxyl groups is 3. The number of aromatic nitrogens is 1. The second-order valence-electron chi connectivity index (χ2n) is 3.71. The van der Waals surface area contributed by atoms with Crippen LogP contribution in [0.1, 0.15) is 11.7 Å². The van der Waals surface area contributed by atoms with E-state index in [1.807, 2.05) is 0 Å². The summed E-state index contributed by atoms with van der Waals surface area (Å²) < 4.78 is 5.23. The minimum absolute atomic E-state index is 0.241. The Hall–Kier alpha value is -1.21. The fourth-order valence-corrected chi connectivity index (χ4v) is 1.82. The predicted molar refractivity (Wildman–Crippen MR) is 53.8 cm³/mol. The quantitative estimate of drug-likeness (QED) is 0.494. The van der Waals surface area contributed by atoms with Crippen LogP contribution in [0.3, 0.4) is 0 Å². The summed E-state index contributed by atoms with van der Waals surface area (Å²) >= 11 is 0. The van der Waals surface area contributed by atoms with Crippen LogP contribution in [0.4, 0.5) is 0 Å². The van der Waals surface area contributed by atoms with Gasteiger partial charge in [0.25, 0.3) is 5.56 Å². The number of hydrogen-bond acceptors (Lipinski definition) is 5. The van der Waals surface area contributed by atoms with Crippen LogP contribution < -0.4 is 5.56 Å². The average Bonchev–Trinajstić information content (AvgIpc) is 2.57. The van der Waals surface area contributed by atoms with Crippen molar-refractivity contribution in [2.75, 3.05) is 6.61 Å². The van der Waals surface area contributed by atoms with Gasteiger partial charge in [-0.3, -0.25) is 4.79 Å². The van der Waals surface area contributed by atoms with E-state index in [0.717, 1.165) is 0 Å². The molecule has 0 aliphatic carbocycles. The first-order valence-electron chi connectivity index (χ1n) is 4.95. The van der Waals surface area contributed by atoms with E-state index in [1.54, 1.807) is 6.07 Å². The van der Waals surface area contributed by atoms with Crippen LogP contribution in [0.15, 0.2) is 23.1 Å². The molecule has 0 amide bonds. The maximum atomic E-state index is 11.5. The van der Waals surface area contributed by atoms with E-state index in [4.69, 9.17) is 9.84 Å².